The molecule has 0 bridgehead atoms. The molecule has 5 nitrogen and oxygen atoms in total. The molecular weight excluding hydrogens is 384 g/mol. The van der Waals surface area contributed by atoms with E-state index >= 15 is 0 Å². The highest BCUT2D eigenvalue weighted by molar-refractivity contribution is 7.89. The zero-order valence-corrected chi connectivity index (χ0v) is 16.8. The van der Waals surface area contributed by atoms with Crippen molar-refractivity contribution in [1.29, 1.82) is 0 Å². The third-order valence-corrected chi connectivity index (χ3v) is 6.93. The molecule has 1 aliphatic heterocycles. The van der Waals surface area contributed by atoms with E-state index in [0.717, 1.165) is 24.1 Å². The summed E-state index contributed by atoms with van der Waals surface area (Å²) >= 11 is 5.87. The van der Waals surface area contributed by atoms with Crippen LogP contribution in [0.25, 0.3) is 0 Å². The fraction of sp³-hybridized carbons (Fsp3) is 0.350. The quantitative estimate of drug-likeness (QED) is 0.808. The number of anilines is 1. The van der Waals surface area contributed by atoms with Gasteiger partial charge >= 0.3 is 0 Å². The topological polar surface area (TPSA) is 66.5 Å². The lowest BCUT2D eigenvalue weighted by atomic mass is 10.0. The van der Waals surface area contributed by atoms with E-state index in [1.54, 1.807) is 12.1 Å². The lowest BCUT2D eigenvalue weighted by Gasteiger charge is -2.34. The van der Waals surface area contributed by atoms with Gasteiger partial charge in [-0.15, -0.1) is 0 Å². The zero-order valence-electron chi connectivity index (χ0n) is 15.2. The van der Waals surface area contributed by atoms with Crippen molar-refractivity contribution in [2.24, 2.45) is 0 Å². The Balaban J connectivity index is 1.75. The number of hydrogen-bond donors (Lipinski definition) is 1. The lowest BCUT2D eigenvalue weighted by molar-refractivity contribution is -0.117. The number of benzene rings is 2. The highest BCUT2D eigenvalue weighted by Crippen LogP contribution is 2.28. The Hall–Kier alpha value is -1.89. The number of rotatable bonds is 5. The van der Waals surface area contributed by atoms with Crippen LogP contribution >= 0.6 is 11.6 Å². The molecule has 1 N–H and O–H groups in total. The van der Waals surface area contributed by atoms with Crippen molar-refractivity contribution < 1.29 is 13.2 Å². The van der Waals surface area contributed by atoms with E-state index < -0.39 is 10.0 Å². The second kappa shape index (κ2) is 8.42. The molecule has 0 aromatic heterocycles. The lowest BCUT2D eigenvalue weighted by Crippen LogP contribution is -2.45. The van der Waals surface area contributed by atoms with Crippen molar-refractivity contribution in [1.82, 2.24) is 4.31 Å². The first-order valence-corrected chi connectivity index (χ1v) is 10.8. The normalized spacial score (nSPS) is 18.2. The Morgan fingerprint density at radius 2 is 1.93 bits per heavy atom. The Morgan fingerprint density at radius 3 is 2.63 bits per heavy atom. The van der Waals surface area contributed by atoms with Gasteiger partial charge in [0.2, 0.25) is 15.9 Å². The summed E-state index contributed by atoms with van der Waals surface area (Å²) in [4.78, 5) is 12.7. The zero-order chi connectivity index (χ0) is 19.4. The maximum Gasteiger partial charge on any atom is 0.243 e. The van der Waals surface area contributed by atoms with Gasteiger partial charge in [-0.3, -0.25) is 4.79 Å². The molecule has 27 heavy (non-hydrogen) atoms. The van der Waals surface area contributed by atoms with E-state index in [1.807, 2.05) is 31.2 Å². The fourth-order valence-corrected chi connectivity index (χ4v) is 5.20. The Bertz CT molecular complexity index is 913. The van der Waals surface area contributed by atoms with Gasteiger partial charge in [0, 0.05) is 29.7 Å². The van der Waals surface area contributed by atoms with Gasteiger partial charge in [-0.1, -0.05) is 30.2 Å². The molecule has 1 aliphatic rings. The largest absolute Gasteiger partial charge is 0.326 e. The molecule has 0 radical (unpaired) electrons. The Kier molecular flexibility index (Phi) is 6.19. The van der Waals surface area contributed by atoms with Crippen LogP contribution in [0, 0.1) is 6.92 Å². The van der Waals surface area contributed by atoms with E-state index in [-0.39, 0.29) is 23.3 Å². The number of piperidine rings is 1. The predicted molar refractivity (Wildman–Crippen MR) is 107 cm³/mol. The number of aryl methyl sites for hydroxylation is 1. The number of carbonyl (C=O) groups is 1. The van der Waals surface area contributed by atoms with Crippen LogP contribution < -0.4 is 5.32 Å². The summed E-state index contributed by atoms with van der Waals surface area (Å²) in [5.41, 5.74) is 1.78. The van der Waals surface area contributed by atoms with Crippen molar-refractivity contribution in [3.05, 3.63) is 59.1 Å². The van der Waals surface area contributed by atoms with E-state index in [9.17, 15) is 13.2 Å². The van der Waals surface area contributed by atoms with E-state index in [1.165, 1.54) is 16.4 Å². The standard InChI is InChI=1S/C20H23ClN2O3S/c1-15-5-4-6-17(13-15)22-20(24)14-18-7-2-3-12-23(18)27(25,26)19-10-8-16(21)9-11-19/h4-6,8-11,13,18H,2-3,7,12,14H2,1H3,(H,22,24)/t18-/m0/s1. The smallest absolute Gasteiger partial charge is 0.243 e. The summed E-state index contributed by atoms with van der Waals surface area (Å²) < 4.78 is 27.6. The molecule has 0 spiro atoms. The first kappa shape index (κ1) is 19.9. The SMILES string of the molecule is Cc1cccc(NC(=O)C[C@@H]2CCCCN2S(=O)(=O)c2ccc(Cl)cc2)c1. The summed E-state index contributed by atoms with van der Waals surface area (Å²) in [5, 5.41) is 3.36. The Labute approximate surface area is 165 Å². The number of sulfonamides is 1. The van der Waals surface area contributed by atoms with Gasteiger partial charge in [0.15, 0.2) is 0 Å². The predicted octanol–water partition coefficient (Wildman–Crippen LogP) is 4.22. The summed E-state index contributed by atoms with van der Waals surface area (Å²) in [5.74, 6) is -0.177. The first-order valence-electron chi connectivity index (χ1n) is 9.00. The number of carbonyl (C=O) groups excluding carboxylic acids is 1. The first-order chi connectivity index (χ1) is 12.9. The molecule has 1 fully saturated rings. The second-order valence-corrected chi connectivity index (χ2v) is 9.17. The summed E-state index contributed by atoms with van der Waals surface area (Å²) in [6, 6.07) is 13.4. The molecule has 2 aromatic rings. The van der Waals surface area contributed by atoms with Crippen LogP contribution in [0.1, 0.15) is 31.2 Å². The van der Waals surface area contributed by atoms with Crippen molar-refractivity contribution in [3.8, 4) is 0 Å². The molecular formula is C20H23ClN2O3S. The molecule has 1 atom stereocenters. The maximum absolute atomic E-state index is 13.0. The van der Waals surface area contributed by atoms with Gasteiger partial charge in [0.05, 0.1) is 4.90 Å². The summed E-state index contributed by atoms with van der Waals surface area (Å²) in [7, 11) is -3.66. The third kappa shape index (κ3) is 4.89. The van der Waals surface area contributed by atoms with Gasteiger partial charge in [-0.25, -0.2) is 8.42 Å². The molecule has 0 unspecified atom stereocenters. The molecule has 3 rings (SSSR count). The van der Waals surface area contributed by atoms with Crippen LogP contribution in [0.5, 0.6) is 0 Å². The van der Waals surface area contributed by atoms with Crippen LogP contribution in [0.2, 0.25) is 5.02 Å². The average Bonchev–Trinajstić information content (AvgIpc) is 2.62. The molecule has 0 aliphatic carbocycles. The van der Waals surface area contributed by atoms with E-state index in [4.69, 9.17) is 11.6 Å². The van der Waals surface area contributed by atoms with Crippen molar-refractivity contribution >= 4 is 33.2 Å². The second-order valence-electron chi connectivity index (χ2n) is 6.84. The van der Waals surface area contributed by atoms with Gasteiger partial charge in [0.1, 0.15) is 0 Å². The number of nitrogens with zero attached hydrogens (tertiary/aromatic N) is 1. The highest BCUT2D eigenvalue weighted by Gasteiger charge is 2.34. The van der Waals surface area contributed by atoms with Crippen LogP contribution in [0.3, 0.4) is 0 Å². The van der Waals surface area contributed by atoms with Gasteiger partial charge in [-0.2, -0.15) is 4.31 Å². The van der Waals surface area contributed by atoms with Crippen LogP contribution in [-0.4, -0.2) is 31.2 Å². The molecule has 144 valence electrons. The minimum Gasteiger partial charge on any atom is -0.326 e. The summed E-state index contributed by atoms with van der Waals surface area (Å²) in [6.45, 7) is 2.38. The van der Waals surface area contributed by atoms with E-state index in [0.29, 0.717) is 18.0 Å². The van der Waals surface area contributed by atoms with Crippen LogP contribution in [0.4, 0.5) is 5.69 Å². The third-order valence-electron chi connectivity index (χ3n) is 4.72. The van der Waals surface area contributed by atoms with Crippen LogP contribution in [0.15, 0.2) is 53.4 Å². The molecule has 7 heteroatoms. The molecule has 2 aromatic carbocycles. The van der Waals surface area contributed by atoms with Gasteiger partial charge in [-0.05, 0) is 61.7 Å². The van der Waals surface area contributed by atoms with Gasteiger partial charge in [0.25, 0.3) is 0 Å². The maximum atomic E-state index is 13.0. The molecule has 1 amide bonds. The van der Waals surface area contributed by atoms with Crippen molar-refractivity contribution in [3.63, 3.8) is 0 Å². The molecule has 0 saturated carbocycles. The number of nitrogens with one attached hydrogen (secondary N) is 1. The van der Waals surface area contributed by atoms with Gasteiger partial charge < -0.3 is 5.32 Å². The molecule has 1 saturated heterocycles. The van der Waals surface area contributed by atoms with Crippen molar-refractivity contribution in [2.45, 2.75) is 43.5 Å². The average molecular weight is 407 g/mol. The number of halogens is 1. The number of hydrogen-bond acceptors (Lipinski definition) is 3. The monoisotopic (exact) mass is 406 g/mol. The fourth-order valence-electron chi connectivity index (χ4n) is 3.39. The van der Waals surface area contributed by atoms with Crippen LogP contribution in [-0.2, 0) is 14.8 Å². The number of amides is 1. The Morgan fingerprint density at radius 1 is 1.19 bits per heavy atom. The van der Waals surface area contributed by atoms with Crippen molar-refractivity contribution in [2.75, 3.05) is 11.9 Å². The minimum absolute atomic E-state index is 0.140. The molecule has 1 heterocycles. The van der Waals surface area contributed by atoms with E-state index in [2.05, 4.69) is 5.32 Å². The summed E-state index contributed by atoms with van der Waals surface area (Å²) in [6.07, 6.45) is 2.52. The minimum atomic E-state index is -3.66. The highest BCUT2D eigenvalue weighted by atomic mass is 35.5.